The normalized spacial score (nSPS) is 15.7. The Hall–Kier alpha value is -3.07. The number of hydrogen-bond donors (Lipinski definition) is 0. The lowest BCUT2D eigenvalue weighted by atomic mass is 9.94. The molecule has 0 fully saturated rings. The van der Waals surface area contributed by atoms with Crippen LogP contribution in [0.2, 0.25) is 0 Å². The molecule has 0 N–H and O–H groups in total. The molecule has 3 heteroatoms. The number of halogens is 1. The predicted molar refractivity (Wildman–Crippen MR) is 105 cm³/mol. The first kappa shape index (κ1) is 16.4. The van der Waals surface area contributed by atoms with E-state index in [0.717, 1.165) is 41.8 Å². The summed E-state index contributed by atoms with van der Waals surface area (Å²) >= 11 is 0. The minimum Gasteiger partial charge on any atom is -0.284 e. The molecular weight excluding hydrogens is 323 g/mol. The van der Waals surface area contributed by atoms with Gasteiger partial charge in [0.2, 0.25) is 0 Å². The van der Waals surface area contributed by atoms with Crippen molar-refractivity contribution in [3.05, 3.63) is 95.6 Å². The van der Waals surface area contributed by atoms with Crippen molar-refractivity contribution in [2.75, 3.05) is 6.54 Å². The first-order chi connectivity index (χ1) is 12.8. The van der Waals surface area contributed by atoms with Crippen LogP contribution in [0.1, 0.15) is 24.0 Å². The van der Waals surface area contributed by atoms with Crippen molar-refractivity contribution in [2.24, 2.45) is 4.99 Å². The highest BCUT2D eigenvalue weighted by Gasteiger charge is 2.14. The average molecular weight is 342 g/mol. The van der Waals surface area contributed by atoms with E-state index in [-0.39, 0.29) is 5.82 Å². The molecule has 0 amide bonds. The van der Waals surface area contributed by atoms with Gasteiger partial charge in [0.25, 0.3) is 0 Å². The number of aliphatic imine (C=N–C) groups is 1. The second-order valence-electron chi connectivity index (χ2n) is 6.35. The summed E-state index contributed by atoms with van der Waals surface area (Å²) < 4.78 is 14.1. The Kier molecular flexibility index (Phi) is 4.69. The van der Waals surface area contributed by atoms with Crippen LogP contribution >= 0.6 is 0 Å². The van der Waals surface area contributed by atoms with Gasteiger partial charge in [0.1, 0.15) is 5.82 Å². The molecule has 0 bridgehead atoms. The molecule has 0 aliphatic carbocycles. The molecule has 128 valence electrons. The van der Waals surface area contributed by atoms with Gasteiger partial charge in [-0.05, 0) is 59.9 Å². The van der Waals surface area contributed by atoms with Crippen molar-refractivity contribution in [3.63, 3.8) is 0 Å². The van der Waals surface area contributed by atoms with Gasteiger partial charge in [0.05, 0.1) is 5.71 Å². The Morgan fingerprint density at radius 2 is 1.81 bits per heavy atom. The maximum Gasteiger partial charge on any atom is 0.131 e. The fraction of sp³-hybridized carbons (Fsp3) is 0.130. The second kappa shape index (κ2) is 7.44. The molecule has 26 heavy (non-hydrogen) atoms. The zero-order chi connectivity index (χ0) is 17.8. The van der Waals surface area contributed by atoms with Crippen LogP contribution in [-0.4, -0.2) is 17.2 Å². The van der Waals surface area contributed by atoms with Gasteiger partial charge >= 0.3 is 0 Å². The minimum absolute atomic E-state index is 0.201. The van der Waals surface area contributed by atoms with Crippen LogP contribution < -0.4 is 0 Å². The van der Waals surface area contributed by atoms with Crippen LogP contribution in [0.25, 0.3) is 17.2 Å². The van der Waals surface area contributed by atoms with Crippen molar-refractivity contribution in [3.8, 4) is 11.1 Å². The first-order valence-electron chi connectivity index (χ1n) is 8.82. The van der Waals surface area contributed by atoms with E-state index in [1.165, 1.54) is 11.6 Å². The van der Waals surface area contributed by atoms with Crippen molar-refractivity contribution in [1.82, 2.24) is 4.98 Å². The average Bonchev–Trinajstić information content (AvgIpc) is 2.70. The largest absolute Gasteiger partial charge is 0.284 e. The maximum absolute atomic E-state index is 14.1. The van der Waals surface area contributed by atoms with Crippen LogP contribution in [0.15, 0.2) is 83.6 Å². The van der Waals surface area contributed by atoms with Crippen molar-refractivity contribution < 1.29 is 4.39 Å². The standard InChI is InChI=1S/C23H19FN2/c24-22-11-2-1-10-21(22)18-7-3-6-17(14-18)15-19-8-5-13-26-23(19)20-9-4-12-25-16-20/h1-4,6-7,9-12,14-16H,5,8,13H2/b19-15+. The highest BCUT2D eigenvalue weighted by Crippen LogP contribution is 2.26. The van der Waals surface area contributed by atoms with Crippen LogP contribution in [0.3, 0.4) is 0 Å². The third-order valence-corrected chi connectivity index (χ3v) is 4.53. The van der Waals surface area contributed by atoms with Gasteiger partial charge in [-0.3, -0.25) is 9.98 Å². The van der Waals surface area contributed by atoms with E-state index in [2.05, 4.69) is 11.1 Å². The highest BCUT2D eigenvalue weighted by molar-refractivity contribution is 6.15. The smallest absolute Gasteiger partial charge is 0.131 e. The van der Waals surface area contributed by atoms with Crippen LogP contribution in [-0.2, 0) is 0 Å². The van der Waals surface area contributed by atoms with Gasteiger partial charge in [-0.15, -0.1) is 0 Å². The molecule has 1 aliphatic heterocycles. The summed E-state index contributed by atoms with van der Waals surface area (Å²) in [5, 5.41) is 0. The summed E-state index contributed by atoms with van der Waals surface area (Å²) in [5.74, 6) is -0.201. The van der Waals surface area contributed by atoms with E-state index >= 15 is 0 Å². The van der Waals surface area contributed by atoms with Crippen molar-refractivity contribution >= 4 is 11.8 Å². The topological polar surface area (TPSA) is 25.2 Å². The van der Waals surface area contributed by atoms with Gasteiger partial charge in [0.15, 0.2) is 0 Å². The lowest BCUT2D eigenvalue weighted by molar-refractivity contribution is 0.631. The monoisotopic (exact) mass is 342 g/mol. The molecular formula is C23H19FN2. The SMILES string of the molecule is Fc1ccccc1-c1cccc(/C=C2\CCCN=C2c2cccnc2)c1. The minimum atomic E-state index is -0.201. The summed E-state index contributed by atoms with van der Waals surface area (Å²) in [6, 6.07) is 18.8. The molecule has 2 nitrogen and oxygen atoms in total. The summed E-state index contributed by atoms with van der Waals surface area (Å²) in [5.41, 5.74) is 5.82. The maximum atomic E-state index is 14.1. The summed E-state index contributed by atoms with van der Waals surface area (Å²) in [6.07, 6.45) is 7.82. The molecule has 0 saturated carbocycles. The quantitative estimate of drug-likeness (QED) is 0.612. The van der Waals surface area contributed by atoms with Gasteiger partial charge in [-0.25, -0.2) is 4.39 Å². The fourth-order valence-corrected chi connectivity index (χ4v) is 3.29. The Balaban J connectivity index is 1.72. The van der Waals surface area contributed by atoms with Gasteiger partial charge in [-0.1, -0.05) is 36.4 Å². The lowest BCUT2D eigenvalue weighted by Crippen LogP contribution is -2.11. The Morgan fingerprint density at radius 3 is 2.65 bits per heavy atom. The Morgan fingerprint density at radius 1 is 0.923 bits per heavy atom. The van der Waals surface area contributed by atoms with Gasteiger partial charge < -0.3 is 0 Å². The number of hydrogen-bond acceptors (Lipinski definition) is 2. The Labute approximate surface area is 152 Å². The van der Waals surface area contributed by atoms with Gasteiger partial charge in [-0.2, -0.15) is 0 Å². The number of nitrogens with zero attached hydrogens (tertiary/aromatic N) is 2. The molecule has 0 unspecified atom stereocenters. The summed E-state index contributed by atoms with van der Waals surface area (Å²) in [7, 11) is 0. The number of benzene rings is 2. The fourth-order valence-electron chi connectivity index (χ4n) is 3.29. The van der Waals surface area contributed by atoms with Gasteiger partial charge in [0, 0.05) is 30.1 Å². The molecule has 0 radical (unpaired) electrons. The predicted octanol–water partition coefficient (Wildman–Crippen LogP) is 5.55. The zero-order valence-electron chi connectivity index (χ0n) is 14.4. The number of pyridine rings is 1. The van der Waals surface area contributed by atoms with Crippen LogP contribution in [0.4, 0.5) is 4.39 Å². The molecule has 1 aliphatic rings. The second-order valence-corrected chi connectivity index (χ2v) is 6.35. The molecule has 0 atom stereocenters. The molecule has 0 spiro atoms. The van der Waals surface area contributed by atoms with E-state index in [4.69, 9.17) is 4.99 Å². The molecule has 4 rings (SSSR count). The molecule has 0 saturated heterocycles. The van der Waals surface area contributed by atoms with E-state index in [1.54, 1.807) is 12.3 Å². The summed E-state index contributed by atoms with van der Waals surface area (Å²) in [4.78, 5) is 8.94. The van der Waals surface area contributed by atoms with Crippen molar-refractivity contribution in [2.45, 2.75) is 12.8 Å². The Bertz CT molecular complexity index is 974. The van der Waals surface area contributed by atoms with Crippen LogP contribution in [0, 0.1) is 5.82 Å². The van der Waals surface area contributed by atoms with Crippen LogP contribution in [0.5, 0.6) is 0 Å². The van der Waals surface area contributed by atoms with Crippen molar-refractivity contribution in [1.29, 1.82) is 0 Å². The third-order valence-electron chi connectivity index (χ3n) is 4.53. The molecule has 2 aromatic carbocycles. The summed E-state index contributed by atoms with van der Waals surface area (Å²) in [6.45, 7) is 0.844. The molecule has 3 aromatic rings. The van der Waals surface area contributed by atoms with E-state index in [9.17, 15) is 4.39 Å². The number of rotatable bonds is 3. The number of aromatic nitrogens is 1. The lowest BCUT2D eigenvalue weighted by Gasteiger charge is -2.16. The van der Waals surface area contributed by atoms with E-state index in [1.807, 2.05) is 54.7 Å². The zero-order valence-corrected chi connectivity index (χ0v) is 14.4. The van der Waals surface area contributed by atoms with E-state index < -0.39 is 0 Å². The molecule has 1 aromatic heterocycles. The third kappa shape index (κ3) is 3.47. The number of allylic oxidation sites excluding steroid dienone is 1. The highest BCUT2D eigenvalue weighted by atomic mass is 19.1. The van der Waals surface area contributed by atoms with E-state index in [0.29, 0.717) is 5.56 Å². The first-order valence-corrected chi connectivity index (χ1v) is 8.82. The molecule has 2 heterocycles.